The van der Waals surface area contributed by atoms with Gasteiger partial charge < -0.3 is 0 Å². The van der Waals surface area contributed by atoms with Gasteiger partial charge in [-0.3, -0.25) is 0 Å². The molecule has 0 N–H and O–H groups in total. The van der Waals surface area contributed by atoms with E-state index in [9.17, 15) is 0 Å². The zero-order chi connectivity index (χ0) is 44.8. The Morgan fingerprint density at radius 1 is 0.191 bits per heavy atom. The molecular formula is C65H41N3. The van der Waals surface area contributed by atoms with Crippen LogP contribution in [0.2, 0.25) is 0 Å². The normalized spacial score (nSPS) is 13.8. The molecule has 0 unspecified atom stereocenters. The smallest absolute Gasteiger partial charge is 0.164 e. The topological polar surface area (TPSA) is 38.7 Å². The fourth-order valence-electron chi connectivity index (χ4n) is 12.0. The molecule has 316 valence electrons. The van der Waals surface area contributed by atoms with Crippen LogP contribution in [-0.4, -0.2) is 15.0 Å². The fraction of sp³-hybridized carbons (Fsp3) is 0.0308. The lowest BCUT2D eigenvalue weighted by Crippen LogP contribution is -2.43. The summed E-state index contributed by atoms with van der Waals surface area (Å²) in [5.41, 5.74) is 22.0. The summed E-state index contributed by atoms with van der Waals surface area (Å²) in [4.78, 5) is 15.5. The standard InChI is InChI=1S/C65H41N3/c1-3-18-42(19-4-1)43-34-36-45(37-35-43)62-66-61(44-20-5-2-6-21-44)67-63(68-62)48-23-17-22-46(40-48)47-38-39-59-60(41-47)65(55-30-13-9-26-51(55)52-27-10-14-31-56(52)65)58-33-16-15-32-57(58)64(59)53-28-11-7-24-49(53)50-25-8-12-29-54(50)64/h1-41H. The molecule has 11 aromatic rings. The lowest BCUT2D eigenvalue weighted by Gasteiger charge is -2.49. The predicted octanol–water partition coefficient (Wildman–Crippen LogP) is 15.2. The molecule has 0 atom stereocenters. The number of rotatable bonds is 5. The van der Waals surface area contributed by atoms with Crippen molar-refractivity contribution in [2.45, 2.75) is 10.8 Å². The van der Waals surface area contributed by atoms with Crippen molar-refractivity contribution < 1.29 is 0 Å². The van der Waals surface area contributed by atoms with Crippen LogP contribution < -0.4 is 0 Å². The average molecular weight is 864 g/mol. The monoisotopic (exact) mass is 863 g/mol. The van der Waals surface area contributed by atoms with Gasteiger partial charge in [-0.2, -0.15) is 0 Å². The third kappa shape index (κ3) is 5.39. The summed E-state index contributed by atoms with van der Waals surface area (Å²) in [6.07, 6.45) is 0. The van der Waals surface area contributed by atoms with Crippen molar-refractivity contribution in [3.05, 3.63) is 293 Å². The molecule has 3 aliphatic rings. The minimum atomic E-state index is -0.575. The van der Waals surface area contributed by atoms with Crippen molar-refractivity contribution in [2.75, 3.05) is 0 Å². The van der Waals surface area contributed by atoms with Gasteiger partial charge in [-0.1, -0.05) is 237 Å². The molecule has 1 heterocycles. The van der Waals surface area contributed by atoms with E-state index in [1.165, 1.54) is 72.3 Å². The van der Waals surface area contributed by atoms with Crippen LogP contribution in [0, 0.1) is 0 Å². The van der Waals surface area contributed by atoms with Gasteiger partial charge in [0.25, 0.3) is 0 Å². The highest BCUT2D eigenvalue weighted by atomic mass is 15.0. The van der Waals surface area contributed by atoms with E-state index in [1.807, 2.05) is 24.3 Å². The van der Waals surface area contributed by atoms with Gasteiger partial charge in [-0.25, -0.2) is 15.0 Å². The van der Waals surface area contributed by atoms with Crippen LogP contribution in [0.1, 0.15) is 44.5 Å². The summed E-state index contributed by atoms with van der Waals surface area (Å²) < 4.78 is 0. The Hall–Kier alpha value is -8.79. The molecule has 2 spiro atoms. The first-order valence-corrected chi connectivity index (χ1v) is 23.4. The molecule has 3 nitrogen and oxygen atoms in total. The van der Waals surface area contributed by atoms with Gasteiger partial charge in [0.15, 0.2) is 17.5 Å². The van der Waals surface area contributed by atoms with Crippen LogP contribution in [-0.2, 0) is 10.8 Å². The second-order valence-corrected chi connectivity index (χ2v) is 18.2. The molecule has 14 rings (SSSR count). The van der Waals surface area contributed by atoms with E-state index in [-0.39, 0.29) is 0 Å². The Morgan fingerprint density at radius 3 is 1.01 bits per heavy atom. The molecule has 0 saturated carbocycles. The summed E-state index contributed by atoms with van der Waals surface area (Å²) in [7, 11) is 0. The molecule has 0 aliphatic heterocycles. The van der Waals surface area contributed by atoms with Crippen molar-refractivity contribution in [3.63, 3.8) is 0 Å². The molecule has 0 radical (unpaired) electrons. The van der Waals surface area contributed by atoms with E-state index in [4.69, 9.17) is 15.0 Å². The second kappa shape index (κ2) is 14.9. The maximum atomic E-state index is 5.21. The van der Waals surface area contributed by atoms with Gasteiger partial charge in [0.1, 0.15) is 0 Å². The maximum Gasteiger partial charge on any atom is 0.164 e. The Balaban J connectivity index is 0.992. The summed E-state index contributed by atoms with van der Waals surface area (Å²) in [6, 6.07) is 90.9. The first-order chi connectivity index (χ1) is 33.7. The van der Waals surface area contributed by atoms with Crippen molar-refractivity contribution >= 4 is 0 Å². The van der Waals surface area contributed by atoms with Crippen LogP contribution in [0.25, 0.3) is 78.7 Å². The van der Waals surface area contributed by atoms with Gasteiger partial charge in [-0.05, 0) is 101 Å². The molecule has 1 aromatic heterocycles. The lowest BCUT2D eigenvalue weighted by molar-refractivity contribution is 0.633. The van der Waals surface area contributed by atoms with Gasteiger partial charge in [0.2, 0.25) is 0 Å². The minimum Gasteiger partial charge on any atom is -0.208 e. The van der Waals surface area contributed by atoms with E-state index in [0.717, 1.165) is 33.4 Å². The maximum absolute atomic E-state index is 5.21. The largest absolute Gasteiger partial charge is 0.208 e. The van der Waals surface area contributed by atoms with Gasteiger partial charge in [-0.15, -0.1) is 0 Å². The Labute approximate surface area is 395 Å². The fourth-order valence-corrected chi connectivity index (χ4v) is 12.0. The molecule has 0 fully saturated rings. The predicted molar refractivity (Wildman–Crippen MR) is 275 cm³/mol. The number of hydrogen-bond acceptors (Lipinski definition) is 3. The van der Waals surface area contributed by atoms with Crippen molar-refractivity contribution in [2.24, 2.45) is 0 Å². The summed E-state index contributed by atoms with van der Waals surface area (Å²) in [5, 5.41) is 0. The number of benzene rings is 10. The Kier molecular flexibility index (Phi) is 8.41. The molecule has 0 amide bonds. The molecule has 3 aliphatic carbocycles. The van der Waals surface area contributed by atoms with Crippen LogP contribution in [0.4, 0.5) is 0 Å². The quantitative estimate of drug-likeness (QED) is 0.173. The van der Waals surface area contributed by atoms with Crippen LogP contribution in [0.3, 0.4) is 0 Å². The molecule has 3 heteroatoms. The van der Waals surface area contributed by atoms with Crippen LogP contribution in [0.15, 0.2) is 249 Å². The van der Waals surface area contributed by atoms with Crippen molar-refractivity contribution in [3.8, 4) is 78.7 Å². The third-order valence-electron chi connectivity index (χ3n) is 14.8. The second-order valence-electron chi connectivity index (χ2n) is 18.2. The summed E-state index contributed by atoms with van der Waals surface area (Å²) in [6.45, 7) is 0. The third-order valence-corrected chi connectivity index (χ3v) is 14.8. The molecule has 10 aromatic carbocycles. The SMILES string of the molecule is c1ccc(-c2ccc(-c3nc(-c4ccccc4)nc(-c4cccc(-c5ccc6c(c5)C5(c7ccccc7-c7ccccc75)c5ccccc5C65c6ccccc6-c6ccccc65)c4)n3)cc2)cc1. The number of hydrogen-bond donors (Lipinski definition) is 0. The number of aromatic nitrogens is 3. The van der Waals surface area contributed by atoms with E-state index in [0.29, 0.717) is 17.5 Å². The molecule has 68 heavy (non-hydrogen) atoms. The Bertz CT molecular complexity index is 3710. The minimum absolute atomic E-state index is 0.536. The zero-order valence-corrected chi connectivity index (χ0v) is 37.0. The van der Waals surface area contributed by atoms with Gasteiger partial charge >= 0.3 is 0 Å². The zero-order valence-electron chi connectivity index (χ0n) is 37.0. The lowest BCUT2D eigenvalue weighted by atomic mass is 9.52. The highest BCUT2D eigenvalue weighted by Gasteiger charge is 2.58. The first-order valence-electron chi connectivity index (χ1n) is 23.4. The van der Waals surface area contributed by atoms with E-state index < -0.39 is 10.8 Å². The van der Waals surface area contributed by atoms with E-state index in [1.54, 1.807) is 0 Å². The summed E-state index contributed by atoms with van der Waals surface area (Å²) in [5.74, 6) is 1.90. The van der Waals surface area contributed by atoms with E-state index >= 15 is 0 Å². The molecule has 0 saturated heterocycles. The summed E-state index contributed by atoms with van der Waals surface area (Å²) >= 11 is 0. The molecule has 0 bridgehead atoms. The molecular weight excluding hydrogens is 823 g/mol. The van der Waals surface area contributed by atoms with Crippen LogP contribution >= 0.6 is 0 Å². The first kappa shape index (κ1) is 38.5. The average Bonchev–Trinajstić information content (AvgIpc) is 3.89. The highest BCUT2D eigenvalue weighted by molar-refractivity contribution is 5.94. The van der Waals surface area contributed by atoms with Gasteiger partial charge in [0.05, 0.1) is 10.8 Å². The Morgan fingerprint density at radius 2 is 0.500 bits per heavy atom. The van der Waals surface area contributed by atoms with Crippen molar-refractivity contribution in [1.82, 2.24) is 15.0 Å². The highest BCUT2D eigenvalue weighted by Crippen LogP contribution is 2.67. The van der Waals surface area contributed by atoms with Crippen LogP contribution in [0.5, 0.6) is 0 Å². The van der Waals surface area contributed by atoms with Gasteiger partial charge in [0, 0.05) is 16.7 Å². The van der Waals surface area contributed by atoms with E-state index in [2.05, 4.69) is 224 Å². The van der Waals surface area contributed by atoms with Crippen molar-refractivity contribution in [1.29, 1.82) is 0 Å². The number of fused-ring (bicyclic) bond motifs is 16. The number of nitrogens with zero attached hydrogens (tertiary/aromatic N) is 3.